The van der Waals surface area contributed by atoms with Gasteiger partial charge in [0.15, 0.2) is 0 Å². The predicted octanol–water partition coefficient (Wildman–Crippen LogP) is 4.43. The van der Waals surface area contributed by atoms with Crippen LogP contribution in [-0.2, 0) is 16.6 Å². The average Bonchev–Trinajstić information content (AvgIpc) is 3.37. The molecule has 2 saturated heterocycles. The van der Waals surface area contributed by atoms with E-state index in [0.717, 1.165) is 35.3 Å². The van der Waals surface area contributed by atoms with E-state index in [2.05, 4.69) is 21.2 Å². The van der Waals surface area contributed by atoms with Crippen LogP contribution in [0.3, 0.4) is 0 Å². The van der Waals surface area contributed by atoms with Gasteiger partial charge in [0.25, 0.3) is 0 Å². The Kier molecular flexibility index (Phi) is 6.63. The second-order valence-corrected chi connectivity index (χ2v) is 11.8. The van der Waals surface area contributed by atoms with Crippen LogP contribution in [0, 0.1) is 6.92 Å². The number of alkyl halides is 1. The lowest BCUT2D eigenvalue weighted by Crippen LogP contribution is -2.45. The van der Waals surface area contributed by atoms with E-state index in [-0.39, 0.29) is 12.1 Å². The van der Waals surface area contributed by atoms with Gasteiger partial charge in [-0.15, -0.1) is 10.2 Å². The van der Waals surface area contributed by atoms with Gasteiger partial charge in [-0.3, -0.25) is 0 Å². The molecule has 0 amide bonds. The normalized spacial score (nSPS) is 27.1. The molecule has 2 aliphatic rings. The Morgan fingerprint density at radius 3 is 2.46 bits per heavy atom. The third-order valence-electron chi connectivity index (χ3n) is 7.54. The van der Waals surface area contributed by atoms with Crippen LogP contribution in [0.2, 0.25) is 0 Å². The molecule has 186 valence electrons. The highest BCUT2D eigenvalue weighted by atomic mass is 32.2. The molecule has 35 heavy (non-hydrogen) atoms. The van der Waals surface area contributed by atoms with Crippen LogP contribution in [0.5, 0.6) is 0 Å². The van der Waals surface area contributed by atoms with Crippen LogP contribution in [0.4, 0.5) is 10.1 Å². The number of aryl methyl sites for hydroxylation is 1. The van der Waals surface area contributed by atoms with Crippen LogP contribution in [0.15, 0.2) is 61.2 Å². The van der Waals surface area contributed by atoms with Gasteiger partial charge in [0.1, 0.15) is 24.1 Å². The maximum Gasteiger partial charge on any atom is 0.221 e. The van der Waals surface area contributed by atoms with Crippen LogP contribution in [0.25, 0.3) is 0 Å². The first-order chi connectivity index (χ1) is 16.8. The molecule has 0 bridgehead atoms. The van der Waals surface area contributed by atoms with Gasteiger partial charge < -0.3 is 9.47 Å². The van der Waals surface area contributed by atoms with Crippen molar-refractivity contribution < 1.29 is 12.8 Å². The van der Waals surface area contributed by atoms with Crippen molar-refractivity contribution in [3.05, 3.63) is 77.9 Å². The molecule has 2 fully saturated rings. The summed E-state index contributed by atoms with van der Waals surface area (Å²) in [5.74, 6) is 0. The molecule has 0 spiro atoms. The number of sulfonamides is 1. The number of hydrogen-bond donors (Lipinski definition) is 0. The first-order valence-electron chi connectivity index (χ1n) is 12.2. The van der Waals surface area contributed by atoms with Crippen molar-refractivity contribution in [2.75, 3.05) is 18.0 Å². The topological polar surface area (TPSA) is 71.3 Å². The summed E-state index contributed by atoms with van der Waals surface area (Å²) < 4.78 is 45.5. The fraction of sp³-hybridized carbons (Fsp3) is 0.462. The molecule has 0 saturated carbocycles. The fourth-order valence-corrected chi connectivity index (χ4v) is 7.60. The molecule has 9 heteroatoms. The van der Waals surface area contributed by atoms with Crippen LogP contribution >= 0.6 is 0 Å². The lowest BCUT2D eigenvalue weighted by molar-refractivity contribution is 0.199. The molecule has 7 nitrogen and oxygen atoms in total. The largest absolute Gasteiger partial charge is 0.368 e. The lowest BCUT2D eigenvalue weighted by atomic mass is 10.0. The summed E-state index contributed by atoms with van der Waals surface area (Å²) in [5, 5.41) is 7.10. The van der Waals surface area contributed by atoms with Crippen molar-refractivity contribution in [1.29, 1.82) is 0 Å². The van der Waals surface area contributed by atoms with E-state index in [1.165, 1.54) is 0 Å². The molecular formula is C26H32FN5O2S. The van der Waals surface area contributed by atoms with Gasteiger partial charge in [-0.1, -0.05) is 36.4 Å². The summed E-state index contributed by atoms with van der Waals surface area (Å²) in [7, 11) is -3.49. The van der Waals surface area contributed by atoms with Gasteiger partial charge in [-0.25, -0.2) is 12.8 Å². The van der Waals surface area contributed by atoms with Crippen molar-refractivity contribution in [2.45, 2.75) is 63.2 Å². The molecule has 0 radical (unpaired) electrons. The maximum atomic E-state index is 14.9. The highest BCUT2D eigenvalue weighted by Crippen LogP contribution is 2.38. The standard InChI is InChI=1S/C26H32FN5O2S/c1-19-14-23(30-13-12-25(24(27)16-30)31-17-28-29-18-31)10-9-22(19)15-32-20(2)8-11-26(35(32,33)34)21-6-4-3-5-7-21/h3-7,9-10,14,17-18,20,24-26H,8,11-13,15-16H2,1-2H3/t20-,24+,25+,26+/m0/s1. The minimum absolute atomic E-state index is 0.0528. The Labute approximate surface area is 206 Å². The summed E-state index contributed by atoms with van der Waals surface area (Å²) in [4.78, 5) is 2.06. The monoisotopic (exact) mass is 497 g/mol. The Balaban J connectivity index is 1.31. The number of aromatic nitrogens is 3. The van der Waals surface area contributed by atoms with Gasteiger partial charge >= 0.3 is 0 Å². The number of benzene rings is 2. The zero-order valence-corrected chi connectivity index (χ0v) is 21.0. The summed E-state index contributed by atoms with van der Waals surface area (Å²) in [6, 6.07) is 15.3. The quantitative estimate of drug-likeness (QED) is 0.522. The second kappa shape index (κ2) is 9.70. The Hall–Kier alpha value is -2.78. The molecule has 0 aliphatic carbocycles. The van der Waals surface area contributed by atoms with Crippen LogP contribution in [-0.4, -0.2) is 52.8 Å². The maximum absolute atomic E-state index is 14.9. The molecule has 3 aromatic rings. The summed E-state index contributed by atoms with van der Waals surface area (Å²) in [6.07, 6.45) is 4.26. The molecule has 2 aliphatic heterocycles. The average molecular weight is 498 g/mol. The van der Waals surface area contributed by atoms with Crippen LogP contribution in [0.1, 0.15) is 54.2 Å². The lowest BCUT2D eigenvalue weighted by Gasteiger charge is -2.38. The highest BCUT2D eigenvalue weighted by Gasteiger charge is 2.40. The summed E-state index contributed by atoms with van der Waals surface area (Å²) in [6.45, 7) is 5.38. The molecule has 3 heterocycles. The first kappa shape index (κ1) is 23.9. The smallest absolute Gasteiger partial charge is 0.221 e. The Morgan fingerprint density at radius 1 is 1.03 bits per heavy atom. The number of piperidine rings is 1. The highest BCUT2D eigenvalue weighted by molar-refractivity contribution is 7.89. The van der Waals surface area contributed by atoms with E-state index in [1.807, 2.05) is 56.3 Å². The molecule has 2 aromatic carbocycles. The van der Waals surface area contributed by atoms with E-state index in [0.29, 0.717) is 25.9 Å². The SMILES string of the molecule is Cc1cc(N2CC[C@@H](n3cnnc3)[C@H](F)C2)ccc1CN1[C@@H](C)CC[C@H](c2ccccc2)S1(=O)=O. The number of rotatable bonds is 5. The van der Waals surface area contributed by atoms with Gasteiger partial charge in [-0.2, -0.15) is 4.31 Å². The third kappa shape index (κ3) is 4.71. The van der Waals surface area contributed by atoms with Gasteiger partial charge in [0, 0.05) is 24.8 Å². The van der Waals surface area contributed by atoms with Crippen molar-refractivity contribution in [2.24, 2.45) is 0 Å². The second-order valence-electron chi connectivity index (χ2n) is 9.75. The molecule has 1 aromatic heterocycles. The van der Waals surface area contributed by atoms with Gasteiger partial charge in [0.05, 0.1) is 12.6 Å². The number of halogens is 1. The number of nitrogens with zero attached hydrogens (tertiary/aromatic N) is 5. The third-order valence-corrected chi connectivity index (χ3v) is 9.91. The Bertz CT molecular complexity index is 1250. The minimum atomic E-state index is -3.49. The zero-order valence-electron chi connectivity index (χ0n) is 20.2. The van der Waals surface area contributed by atoms with E-state index < -0.39 is 21.4 Å². The van der Waals surface area contributed by atoms with Crippen molar-refractivity contribution in [3.8, 4) is 0 Å². The molecular weight excluding hydrogens is 465 g/mol. The van der Waals surface area contributed by atoms with E-state index >= 15 is 0 Å². The summed E-state index contributed by atoms with van der Waals surface area (Å²) in [5.41, 5.74) is 3.82. The number of hydrogen-bond acceptors (Lipinski definition) is 5. The minimum Gasteiger partial charge on any atom is -0.368 e. The predicted molar refractivity (Wildman–Crippen MR) is 134 cm³/mol. The van der Waals surface area contributed by atoms with Crippen molar-refractivity contribution in [3.63, 3.8) is 0 Å². The fourth-order valence-electron chi connectivity index (χ4n) is 5.42. The molecule has 5 rings (SSSR count). The van der Waals surface area contributed by atoms with E-state index in [9.17, 15) is 12.8 Å². The van der Waals surface area contributed by atoms with Crippen molar-refractivity contribution >= 4 is 15.7 Å². The van der Waals surface area contributed by atoms with Gasteiger partial charge in [-0.05, 0) is 61.9 Å². The van der Waals surface area contributed by atoms with Crippen LogP contribution < -0.4 is 4.90 Å². The van der Waals surface area contributed by atoms with Crippen molar-refractivity contribution in [1.82, 2.24) is 19.1 Å². The summed E-state index contributed by atoms with van der Waals surface area (Å²) >= 11 is 0. The van der Waals surface area contributed by atoms with E-state index in [4.69, 9.17) is 0 Å². The first-order valence-corrected chi connectivity index (χ1v) is 13.7. The molecule has 0 N–H and O–H groups in total. The number of anilines is 1. The zero-order chi connectivity index (χ0) is 24.6. The molecule has 0 unspecified atom stereocenters. The van der Waals surface area contributed by atoms with Gasteiger partial charge in [0.2, 0.25) is 10.0 Å². The van der Waals surface area contributed by atoms with E-state index in [1.54, 1.807) is 21.5 Å². The molecule has 4 atom stereocenters. The Morgan fingerprint density at radius 2 is 1.77 bits per heavy atom.